The van der Waals surface area contributed by atoms with Crippen LogP contribution in [-0.2, 0) is 4.79 Å². The van der Waals surface area contributed by atoms with Gasteiger partial charge in [-0.3, -0.25) is 9.80 Å². The Morgan fingerprint density at radius 1 is 1.41 bits per heavy atom. The lowest BCUT2D eigenvalue weighted by molar-refractivity contribution is -0.167. The first kappa shape index (κ1) is 24.8. The third-order valence-corrected chi connectivity index (χ3v) is 6.29. The number of amidine groups is 1. The van der Waals surface area contributed by atoms with Crippen molar-refractivity contribution in [2.75, 3.05) is 26.0 Å². The molecule has 0 saturated carbocycles. The van der Waals surface area contributed by atoms with Crippen LogP contribution in [-0.4, -0.2) is 51.6 Å². The Kier molecular flexibility index (Phi) is 7.44. The summed E-state index contributed by atoms with van der Waals surface area (Å²) in [5.41, 5.74) is 2.56. The van der Waals surface area contributed by atoms with E-state index in [2.05, 4.69) is 33.2 Å². The van der Waals surface area contributed by atoms with Gasteiger partial charge in [-0.1, -0.05) is 13.0 Å². The number of hydrazine groups is 1. The van der Waals surface area contributed by atoms with E-state index < -0.39 is 18.8 Å². The molecular formula is C20H24F3IN6OS. The molecule has 12 heteroatoms. The maximum atomic E-state index is 13.5. The van der Waals surface area contributed by atoms with Crippen LogP contribution in [0.2, 0.25) is 0 Å². The Labute approximate surface area is 203 Å². The van der Waals surface area contributed by atoms with E-state index in [1.807, 2.05) is 35.6 Å². The molecule has 0 bridgehead atoms. The van der Waals surface area contributed by atoms with E-state index in [4.69, 9.17) is 0 Å². The zero-order valence-electron chi connectivity index (χ0n) is 18.0. The van der Waals surface area contributed by atoms with E-state index in [0.717, 1.165) is 11.1 Å². The van der Waals surface area contributed by atoms with Crippen LogP contribution in [0, 0.1) is 5.92 Å². The van der Waals surface area contributed by atoms with Gasteiger partial charge < -0.3 is 10.6 Å². The summed E-state index contributed by atoms with van der Waals surface area (Å²) in [6.45, 7) is 2.17. The van der Waals surface area contributed by atoms with E-state index in [0.29, 0.717) is 32.4 Å². The Bertz CT molecular complexity index is 992. The quantitative estimate of drug-likeness (QED) is 0.163. The predicted octanol–water partition coefficient (Wildman–Crippen LogP) is 4.25. The van der Waals surface area contributed by atoms with E-state index >= 15 is 0 Å². The van der Waals surface area contributed by atoms with E-state index in [-0.39, 0.29) is 11.8 Å². The van der Waals surface area contributed by atoms with Crippen LogP contribution >= 0.6 is 35.2 Å². The van der Waals surface area contributed by atoms with Gasteiger partial charge in [-0.15, -0.1) is 12.6 Å². The monoisotopic (exact) mass is 580 g/mol. The molecule has 0 fully saturated rings. The number of allylic oxidation sites excluding steroid dienone is 1. The number of halogens is 4. The molecule has 0 spiro atoms. The van der Waals surface area contributed by atoms with Crippen molar-refractivity contribution < 1.29 is 18.0 Å². The fourth-order valence-corrected chi connectivity index (χ4v) is 5.09. The largest absolute Gasteiger partial charge is 0.407 e. The fourth-order valence-electron chi connectivity index (χ4n) is 4.03. The van der Waals surface area contributed by atoms with Crippen LogP contribution in [0.15, 0.2) is 45.2 Å². The summed E-state index contributed by atoms with van der Waals surface area (Å²) in [5, 5.41) is 8.33. The van der Waals surface area contributed by atoms with Crippen molar-refractivity contribution in [3.8, 4) is 0 Å². The number of aliphatic imine (C=N–C) groups is 1. The summed E-state index contributed by atoms with van der Waals surface area (Å²) in [4.78, 5) is 20.5. The van der Waals surface area contributed by atoms with Crippen LogP contribution < -0.4 is 10.6 Å². The highest BCUT2D eigenvalue weighted by molar-refractivity contribution is 14.1. The number of hydrogen-bond acceptors (Lipinski definition) is 7. The number of thiol groups is 1. The minimum atomic E-state index is -4.42. The van der Waals surface area contributed by atoms with Gasteiger partial charge in [0.15, 0.2) is 3.84 Å². The number of carbonyl (C=O) groups is 1. The number of pyridine rings is 1. The van der Waals surface area contributed by atoms with Crippen molar-refractivity contribution in [1.29, 1.82) is 0 Å². The van der Waals surface area contributed by atoms with E-state index in [9.17, 15) is 18.0 Å². The van der Waals surface area contributed by atoms with Gasteiger partial charge in [0.2, 0.25) is 5.91 Å². The highest BCUT2D eigenvalue weighted by atomic mass is 127. The molecule has 2 N–H and O–H groups in total. The highest BCUT2D eigenvalue weighted by Crippen LogP contribution is 2.51. The summed E-state index contributed by atoms with van der Waals surface area (Å²) in [6.07, 6.45) is -2.26. The maximum Gasteiger partial charge on any atom is 0.407 e. The van der Waals surface area contributed by atoms with Gasteiger partial charge in [0, 0.05) is 27.2 Å². The number of anilines is 1. The lowest BCUT2D eigenvalue weighted by Crippen LogP contribution is -2.42. The number of hydrogen-bond donors (Lipinski definition) is 3. The molecular weight excluding hydrogens is 556 g/mol. The molecule has 2 heterocycles. The van der Waals surface area contributed by atoms with Gasteiger partial charge >= 0.3 is 6.18 Å². The van der Waals surface area contributed by atoms with Crippen molar-refractivity contribution in [2.45, 2.75) is 32.5 Å². The minimum absolute atomic E-state index is 0.101. The topological polar surface area (TPSA) is 72.9 Å². The summed E-state index contributed by atoms with van der Waals surface area (Å²) in [5.74, 6) is 0.294. The summed E-state index contributed by atoms with van der Waals surface area (Å²) >= 11 is 6.49. The van der Waals surface area contributed by atoms with Gasteiger partial charge in [0.05, 0.1) is 22.3 Å². The first-order valence-electron chi connectivity index (χ1n) is 9.82. The van der Waals surface area contributed by atoms with Crippen molar-refractivity contribution in [1.82, 2.24) is 20.3 Å². The van der Waals surface area contributed by atoms with Crippen LogP contribution in [0.4, 0.5) is 19.0 Å². The molecule has 1 aromatic rings. The molecule has 1 aliphatic heterocycles. The molecule has 1 amide bonds. The maximum absolute atomic E-state index is 13.5. The zero-order valence-corrected chi connectivity index (χ0v) is 21.0. The molecule has 1 aliphatic carbocycles. The van der Waals surface area contributed by atoms with Crippen LogP contribution in [0.1, 0.15) is 31.9 Å². The first-order valence-corrected chi connectivity index (χ1v) is 11.3. The molecule has 0 saturated heterocycles. The summed E-state index contributed by atoms with van der Waals surface area (Å²) in [6, 6.07) is 3.25. The summed E-state index contributed by atoms with van der Waals surface area (Å²) in [7, 11) is 3.39. The smallest absolute Gasteiger partial charge is 0.373 e. The lowest BCUT2D eigenvalue weighted by Gasteiger charge is -2.33. The second-order valence-electron chi connectivity index (χ2n) is 7.66. The number of amides is 1. The lowest BCUT2D eigenvalue weighted by atomic mass is 9.83. The molecule has 0 aromatic carbocycles. The molecule has 3 rings (SSSR count). The first-order chi connectivity index (χ1) is 14.9. The molecule has 174 valence electrons. The summed E-state index contributed by atoms with van der Waals surface area (Å²) < 4.78 is 40.9. The number of nitrogens with zero attached hydrogens (tertiary/aromatic N) is 4. The second kappa shape index (κ2) is 9.59. The number of nitrogens with one attached hydrogen (secondary N) is 2. The number of rotatable bonds is 4. The number of alkyl halides is 3. The normalized spacial score (nSPS) is 22.4. The van der Waals surface area contributed by atoms with Crippen molar-refractivity contribution >= 4 is 50.8 Å². The van der Waals surface area contributed by atoms with Crippen molar-refractivity contribution in [2.24, 2.45) is 10.9 Å². The Morgan fingerprint density at radius 2 is 2.09 bits per heavy atom. The van der Waals surface area contributed by atoms with E-state index in [1.54, 1.807) is 31.4 Å². The fraction of sp³-hybridized carbons (Fsp3) is 0.450. The molecule has 1 aromatic heterocycles. The second-order valence-corrected chi connectivity index (χ2v) is 9.13. The third-order valence-electron chi connectivity index (χ3n) is 5.31. The molecule has 2 aliphatic rings. The van der Waals surface area contributed by atoms with Crippen molar-refractivity contribution in [3.63, 3.8) is 0 Å². The minimum Gasteiger partial charge on any atom is -0.373 e. The van der Waals surface area contributed by atoms with Crippen LogP contribution in [0.3, 0.4) is 0 Å². The molecule has 2 unspecified atom stereocenters. The number of likely N-dealkylation sites (N-methyl/N-ethyl adjacent to an activating group) is 1. The van der Waals surface area contributed by atoms with Crippen LogP contribution in [0.5, 0.6) is 0 Å². The average Bonchev–Trinajstić information content (AvgIpc) is 2.97. The Balaban J connectivity index is 2.13. The zero-order chi connectivity index (χ0) is 23.8. The number of aromatic nitrogens is 1. The van der Waals surface area contributed by atoms with Gasteiger partial charge in [0.25, 0.3) is 0 Å². The van der Waals surface area contributed by atoms with Gasteiger partial charge in [-0.05, 0) is 52.1 Å². The Hall–Kier alpha value is -1.80. The highest BCUT2D eigenvalue weighted by Gasteiger charge is 2.47. The average molecular weight is 580 g/mol. The predicted molar refractivity (Wildman–Crippen MR) is 129 cm³/mol. The molecule has 32 heavy (non-hydrogen) atoms. The SMILES string of the molecule is CNc1ccc(C2C3=C(C(S)=C(/N=C(\I)NC(C)=O)CC3C)N(CC(F)(F)F)N2C)cn1. The Morgan fingerprint density at radius 3 is 2.62 bits per heavy atom. The van der Waals surface area contributed by atoms with E-state index in [1.165, 1.54) is 11.9 Å². The third kappa shape index (κ3) is 5.22. The van der Waals surface area contributed by atoms with Gasteiger partial charge in [-0.2, -0.15) is 13.2 Å². The molecule has 0 radical (unpaired) electrons. The van der Waals surface area contributed by atoms with Gasteiger partial charge in [-0.25, -0.2) is 15.0 Å². The van der Waals surface area contributed by atoms with Gasteiger partial charge in [0.1, 0.15) is 12.4 Å². The number of carbonyl (C=O) groups excluding carboxylic acids is 1. The molecule has 7 nitrogen and oxygen atoms in total. The molecule has 2 atom stereocenters. The van der Waals surface area contributed by atoms with Crippen molar-refractivity contribution in [3.05, 3.63) is 45.8 Å². The van der Waals surface area contributed by atoms with Crippen LogP contribution in [0.25, 0.3) is 0 Å². The standard InChI is InChI=1S/C20H24F3IN6OS/c1-10-7-13(28-19(24)27-11(2)31)18(32)17-15(10)16(12-5-6-14(25-3)26-8-12)29(4)30(17)9-20(21,22)23/h5-6,8,10,16,32H,7,9H2,1-4H3,(H,25,26)(H,27,28,31).